The fraction of sp³-hybridized carbons (Fsp3) is 0.353. The average Bonchev–Trinajstić information content (AvgIpc) is 3.08. The van der Waals surface area contributed by atoms with Gasteiger partial charge in [-0.05, 0) is 25.1 Å². The highest BCUT2D eigenvalue weighted by Crippen LogP contribution is 2.43. The summed E-state index contributed by atoms with van der Waals surface area (Å²) >= 11 is 0.370. The molecule has 3 rings (SSSR count). The molecule has 0 fully saturated rings. The van der Waals surface area contributed by atoms with Crippen LogP contribution in [0.2, 0.25) is 0 Å². The molecule has 1 unspecified atom stereocenters. The van der Waals surface area contributed by atoms with Crippen molar-refractivity contribution in [2.24, 2.45) is 0 Å². The molecule has 1 aromatic heterocycles. The maximum atomic E-state index is 13.5. The fourth-order valence-electron chi connectivity index (χ4n) is 2.97. The standard InChI is InChI=1S/C17H17F3N4O6S2/c1-8(25)21-6-11-7-24(12-5-10(23-16(26)27)3-4-13(12)30-11)32(28,29)15-14(17(18,19)20)22-9(2)31-15/h3-5,11,23H,6-7H2,1-2H3,(H,21,25)(H,26,27). The van der Waals surface area contributed by atoms with Gasteiger partial charge in [0.1, 0.15) is 11.9 Å². The molecule has 0 spiro atoms. The van der Waals surface area contributed by atoms with Crippen LogP contribution in [-0.4, -0.2) is 49.7 Å². The Balaban J connectivity index is 2.12. The van der Waals surface area contributed by atoms with Gasteiger partial charge < -0.3 is 15.2 Å². The molecule has 2 amide bonds. The van der Waals surface area contributed by atoms with Crippen LogP contribution < -0.4 is 19.7 Å². The number of hydrogen-bond acceptors (Lipinski definition) is 7. The van der Waals surface area contributed by atoms with Crippen LogP contribution in [0.15, 0.2) is 22.4 Å². The van der Waals surface area contributed by atoms with Crippen molar-refractivity contribution in [3.8, 4) is 5.75 Å². The molecule has 1 aliphatic heterocycles. The minimum Gasteiger partial charge on any atom is -0.484 e. The summed E-state index contributed by atoms with van der Waals surface area (Å²) in [6, 6.07) is 3.72. The lowest BCUT2D eigenvalue weighted by Crippen LogP contribution is -2.48. The highest BCUT2D eigenvalue weighted by Gasteiger charge is 2.45. The van der Waals surface area contributed by atoms with E-state index in [-0.39, 0.29) is 28.7 Å². The van der Waals surface area contributed by atoms with E-state index >= 15 is 0 Å². The predicted molar refractivity (Wildman–Crippen MR) is 108 cm³/mol. The van der Waals surface area contributed by atoms with Crippen molar-refractivity contribution in [1.29, 1.82) is 0 Å². The van der Waals surface area contributed by atoms with Gasteiger partial charge >= 0.3 is 12.3 Å². The van der Waals surface area contributed by atoms with Crippen LogP contribution in [0.3, 0.4) is 0 Å². The number of sulfonamides is 1. The molecular weight excluding hydrogens is 477 g/mol. The lowest BCUT2D eigenvalue weighted by atomic mass is 10.2. The van der Waals surface area contributed by atoms with Crippen molar-refractivity contribution in [2.45, 2.75) is 30.3 Å². The van der Waals surface area contributed by atoms with Gasteiger partial charge in [0.2, 0.25) is 5.91 Å². The van der Waals surface area contributed by atoms with Crippen LogP contribution in [-0.2, 0) is 21.0 Å². The van der Waals surface area contributed by atoms with Crippen molar-refractivity contribution in [3.63, 3.8) is 0 Å². The first-order valence-corrected chi connectivity index (χ1v) is 11.2. The Labute approximate surface area is 184 Å². The first-order valence-electron chi connectivity index (χ1n) is 8.91. The Bertz CT molecular complexity index is 1170. The Morgan fingerprint density at radius 1 is 1.38 bits per heavy atom. The van der Waals surface area contributed by atoms with Gasteiger partial charge in [-0.3, -0.25) is 14.4 Å². The Hall–Kier alpha value is -3.07. The quantitative estimate of drug-likeness (QED) is 0.581. The van der Waals surface area contributed by atoms with E-state index < -0.39 is 50.8 Å². The van der Waals surface area contributed by atoms with E-state index in [0.717, 1.165) is 6.07 Å². The van der Waals surface area contributed by atoms with Crippen molar-refractivity contribution in [2.75, 3.05) is 22.7 Å². The number of hydrogen-bond donors (Lipinski definition) is 3. The SMILES string of the molecule is CC(=O)NCC1CN(S(=O)(=O)c2sc(C)nc2C(F)(F)F)c2cc(NC(=O)O)ccc2O1. The van der Waals surface area contributed by atoms with E-state index in [4.69, 9.17) is 9.84 Å². The number of aromatic nitrogens is 1. The highest BCUT2D eigenvalue weighted by atomic mass is 32.2. The second-order valence-electron chi connectivity index (χ2n) is 6.69. The Morgan fingerprint density at radius 3 is 2.66 bits per heavy atom. The molecule has 1 atom stereocenters. The molecular formula is C17H17F3N4O6S2. The third kappa shape index (κ3) is 4.88. The monoisotopic (exact) mass is 494 g/mol. The van der Waals surface area contributed by atoms with Crippen molar-refractivity contribution >= 4 is 44.7 Å². The molecule has 2 aromatic rings. The van der Waals surface area contributed by atoms with E-state index in [1.807, 2.05) is 0 Å². The number of amides is 2. The van der Waals surface area contributed by atoms with E-state index in [0.29, 0.717) is 15.6 Å². The second kappa shape index (κ2) is 8.46. The van der Waals surface area contributed by atoms with E-state index in [9.17, 15) is 31.2 Å². The number of benzene rings is 1. The zero-order chi connectivity index (χ0) is 23.8. The van der Waals surface area contributed by atoms with Crippen LogP contribution in [0.5, 0.6) is 5.75 Å². The number of carbonyl (C=O) groups excluding carboxylic acids is 1. The number of nitrogens with zero attached hydrogens (tertiary/aromatic N) is 2. The molecule has 10 nitrogen and oxygen atoms in total. The first-order chi connectivity index (χ1) is 14.8. The molecule has 0 bridgehead atoms. The lowest BCUT2D eigenvalue weighted by Gasteiger charge is -2.35. The Kier molecular flexibility index (Phi) is 6.24. The summed E-state index contributed by atoms with van der Waals surface area (Å²) in [5.74, 6) is -0.423. The number of alkyl halides is 3. The van der Waals surface area contributed by atoms with Gasteiger partial charge in [-0.2, -0.15) is 13.2 Å². The molecule has 3 N–H and O–H groups in total. The number of carboxylic acid groups (broad SMARTS) is 1. The normalized spacial score (nSPS) is 16.2. The topological polar surface area (TPSA) is 138 Å². The maximum Gasteiger partial charge on any atom is 0.435 e. The summed E-state index contributed by atoms with van der Waals surface area (Å²) in [7, 11) is -4.78. The van der Waals surface area contributed by atoms with E-state index in [2.05, 4.69) is 15.6 Å². The molecule has 0 aliphatic carbocycles. The number of rotatable bonds is 5. The molecule has 15 heteroatoms. The number of thiazole rings is 1. The molecule has 2 heterocycles. The first kappa shape index (κ1) is 23.6. The number of aryl methyl sites for hydroxylation is 1. The van der Waals surface area contributed by atoms with E-state index in [1.165, 1.54) is 26.0 Å². The lowest BCUT2D eigenvalue weighted by molar-refractivity contribution is -0.143. The minimum absolute atomic E-state index is 0.0130. The number of ether oxygens (including phenoxy) is 1. The van der Waals surface area contributed by atoms with Crippen molar-refractivity contribution < 1.29 is 41.0 Å². The molecule has 1 aliphatic rings. The number of anilines is 2. The molecule has 0 saturated heterocycles. The summed E-state index contributed by atoms with van der Waals surface area (Å²) in [6.07, 6.45) is -7.34. The van der Waals surface area contributed by atoms with E-state index in [1.54, 1.807) is 0 Å². The van der Waals surface area contributed by atoms with Crippen LogP contribution in [0.1, 0.15) is 17.6 Å². The third-order valence-corrected chi connectivity index (χ3v) is 7.45. The number of fused-ring (bicyclic) bond motifs is 1. The van der Waals surface area contributed by atoms with Gasteiger partial charge in [0.25, 0.3) is 10.0 Å². The number of nitrogens with one attached hydrogen (secondary N) is 2. The van der Waals surface area contributed by atoms with Crippen molar-refractivity contribution in [1.82, 2.24) is 10.3 Å². The summed E-state index contributed by atoms with van der Waals surface area (Å²) in [6.45, 7) is 1.95. The molecule has 0 radical (unpaired) electrons. The van der Waals surface area contributed by atoms with Crippen LogP contribution in [0, 0.1) is 6.92 Å². The maximum absolute atomic E-state index is 13.5. The summed E-state index contributed by atoms with van der Waals surface area (Å²) in [5, 5.41) is 13.3. The van der Waals surface area contributed by atoms with Gasteiger partial charge in [-0.1, -0.05) is 0 Å². The second-order valence-corrected chi connectivity index (χ2v) is 9.95. The van der Waals surface area contributed by atoms with Gasteiger partial charge in [-0.25, -0.2) is 18.2 Å². The summed E-state index contributed by atoms with van der Waals surface area (Å²) in [4.78, 5) is 25.5. The van der Waals surface area contributed by atoms with Gasteiger partial charge in [-0.15, -0.1) is 11.3 Å². The highest BCUT2D eigenvalue weighted by molar-refractivity contribution is 7.94. The van der Waals surface area contributed by atoms with Crippen LogP contribution in [0.25, 0.3) is 0 Å². The minimum atomic E-state index is -5.01. The zero-order valence-corrected chi connectivity index (χ0v) is 18.2. The van der Waals surface area contributed by atoms with Gasteiger partial charge in [0.15, 0.2) is 9.90 Å². The number of carbonyl (C=O) groups is 2. The Morgan fingerprint density at radius 2 is 2.06 bits per heavy atom. The smallest absolute Gasteiger partial charge is 0.435 e. The summed E-state index contributed by atoms with van der Waals surface area (Å²) < 4.78 is 72.5. The fourth-order valence-corrected chi connectivity index (χ4v) is 6.05. The summed E-state index contributed by atoms with van der Waals surface area (Å²) in [5.41, 5.74) is -1.71. The molecule has 1 aromatic carbocycles. The molecule has 32 heavy (non-hydrogen) atoms. The number of halogens is 3. The third-order valence-electron chi connectivity index (χ3n) is 4.22. The molecule has 0 saturated carbocycles. The zero-order valence-electron chi connectivity index (χ0n) is 16.6. The van der Waals surface area contributed by atoms with Gasteiger partial charge in [0.05, 0.1) is 23.8 Å². The molecule has 174 valence electrons. The van der Waals surface area contributed by atoms with Crippen LogP contribution in [0.4, 0.5) is 29.3 Å². The van der Waals surface area contributed by atoms with Crippen LogP contribution >= 0.6 is 11.3 Å². The van der Waals surface area contributed by atoms with Gasteiger partial charge in [0, 0.05) is 12.6 Å². The largest absolute Gasteiger partial charge is 0.484 e. The average molecular weight is 494 g/mol. The predicted octanol–water partition coefficient (Wildman–Crippen LogP) is 2.65. The van der Waals surface area contributed by atoms with Crippen molar-refractivity contribution in [3.05, 3.63) is 28.9 Å².